The van der Waals surface area contributed by atoms with Crippen LogP contribution in [0.4, 0.5) is 0 Å². The van der Waals surface area contributed by atoms with Gasteiger partial charge in [-0.25, -0.2) is 0 Å². The van der Waals surface area contributed by atoms with Crippen molar-refractivity contribution in [3.63, 3.8) is 0 Å². The second-order valence-corrected chi connectivity index (χ2v) is 10.6. The monoisotopic (exact) mass is 408 g/mol. The predicted molar refractivity (Wildman–Crippen MR) is 125 cm³/mol. The van der Waals surface area contributed by atoms with Gasteiger partial charge in [-0.1, -0.05) is 62.0 Å². The van der Waals surface area contributed by atoms with Gasteiger partial charge in [-0.15, -0.1) is 0 Å². The maximum atomic E-state index is 10.1. The molecule has 0 spiro atoms. The topological polar surface area (TPSA) is 40.5 Å². The molecule has 4 saturated carbocycles. The molecule has 164 valence electrons. The molecular weight excluding hydrogens is 368 g/mol. The summed E-state index contributed by atoms with van der Waals surface area (Å²) in [6.07, 6.45) is 21.9. The summed E-state index contributed by atoms with van der Waals surface area (Å²) in [4.78, 5) is 0. The second-order valence-electron chi connectivity index (χ2n) is 10.6. The molecule has 4 aliphatic carbocycles. The van der Waals surface area contributed by atoms with Crippen LogP contribution in [0.1, 0.15) is 78.1 Å². The van der Waals surface area contributed by atoms with Gasteiger partial charge in [0.25, 0.3) is 0 Å². The van der Waals surface area contributed by atoms with Gasteiger partial charge < -0.3 is 10.2 Å². The number of aliphatic hydroxyl groups excluding tert-OH is 2. The van der Waals surface area contributed by atoms with Crippen LogP contribution < -0.4 is 0 Å². The van der Waals surface area contributed by atoms with Crippen molar-refractivity contribution in [2.24, 2.45) is 23.2 Å². The first-order chi connectivity index (χ1) is 14.4. The Labute approximate surface area is 183 Å². The van der Waals surface area contributed by atoms with Gasteiger partial charge >= 0.3 is 0 Å². The van der Waals surface area contributed by atoms with E-state index in [1.807, 2.05) is 0 Å². The number of hydrogen-bond acceptors (Lipinski definition) is 2. The fourth-order valence-electron chi connectivity index (χ4n) is 6.66. The van der Waals surface area contributed by atoms with E-state index in [4.69, 9.17) is 0 Å². The number of aliphatic hydroxyl groups is 2. The van der Waals surface area contributed by atoms with Crippen LogP contribution in [0, 0.1) is 23.2 Å². The molecule has 4 rings (SSSR count). The van der Waals surface area contributed by atoms with Crippen LogP contribution in [-0.4, -0.2) is 22.4 Å². The van der Waals surface area contributed by atoms with Crippen molar-refractivity contribution in [2.75, 3.05) is 0 Å². The number of hydrogen-bond donors (Lipinski definition) is 2. The minimum absolute atomic E-state index is 0.387. The van der Waals surface area contributed by atoms with Crippen LogP contribution in [0.2, 0.25) is 0 Å². The van der Waals surface area contributed by atoms with Gasteiger partial charge in [0.15, 0.2) is 0 Å². The second kappa shape index (κ2) is 9.01. The van der Waals surface area contributed by atoms with Crippen LogP contribution in [-0.2, 0) is 0 Å². The number of fused-ring (bicyclic) bond motifs is 1. The lowest BCUT2D eigenvalue weighted by Crippen LogP contribution is -2.35. The molecule has 2 N–H and O–H groups in total. The van der Waals surface area contributed by atoms with E-state index in [9.17, 15) is 10.2 Å². The van der Waals surface area contributed by atoms with Crippen molar-refractivity contribution >= 4 is 0 Å². The summed E-state index contributed by atoms with van der Waals surface area (Å²) in [6.45, 7) is 9.03. The number of rotatable bonds is 4. The summed E-state index contributed by atoms with van der Waals surface area (Å²) in [5.74, 6) is 2.04. The smallest absolute Gasteiger partial charge is 0.0811 e. The van der Waals surface area contributed by atoms with Crippen LogP contribution in [0.15, 0.2) is 59.3 Å². The van der Waals surface area contributed by atoms with Crippen LogP contribution >= 0.6 is 0 Å². The molecule has 0 aliphatic heterocycles. The van der Waals surface area contributed by atoms with Gasteiger partial charge in [0.1, 0.15) is 0 Å². The molecular formula is C28H40O2. The molecule has 0 unspecified atom stereocenters. The van der Waals surface area contributed by atoms with Crippen LogP contribution in [0.25, 0.3) is 0 Å². The first-order valence-electron chi connectivity index (χ1n) is 12.2. The highest BCUT2D eigenvalue weighted by Gasteiger charge is 2.50. The SMILES string of the molecule is C=C1/C(=C\C=C2/CCC[C@]3(C)[C@@H]([C@@H](C)/C=C/C=C4CCC4)CC[C@@H]23)C[C@@H](O)C[C@@H]1O. The van der Waals surface area contributed by atoms with Crippen molar-refractivity contribution in [1.82, 2.24) is 0 Å². The molecule has 4 aliphatic rings. The molecule has 0 aromatic carbocycles. The summed E-state index contributed by atoms with van der Waals surface area (Å²) in [5, 5.41) is 20.2. The zero-order chi connectivity index (χ0) is 21.3. The van der Waals surface area contributed by atoms with Crippen molar-refractivity contribution in [3.8, 4) is 0 Å². The molecule has 4 fully saturated rings. The highest BCUT2D eigenvalue weighted by atomic mass is 16.3. The molecule has 2 nitrogen and oxygen atoms in total. The quantitative estimate of drug-likeness (QED) is 0.563. The summed E-state index contributed by atoms with van der Waals surface area (Å²) in [7, 11) is 0. The van der Waals surface area contributed by atoms with Gasteiger partial charge in [0.2, 0.25) is 0 Å². The fraction of sp³-hybridized carbons (Fsp3) is 0.643. The molecule has 30 heavy (non-hydrogen) atoms. The molecule has 0 aromatic rings. The lowest BCUT2D eigenvalue weighted by atomic mass is 9.61. The van der Waals surface area contributed by atoms with Gasteiger partial charge in [0, 0.05) is 6.42 Å². The summed E-state index contributed by atoms with van der Waals surface area (Å²) in [5.41, 5.74) is 5.40. The first-order valence-corrected chi connectivity index (χ1v) is 12.2. The summed E-state index contributed by atoms with van der Waals surface area (Å²) < 4.78 is 0. The zero-order valence-corrected chi connectivity index (χ0v) is 18.9. The predicted octanol–water partition coefficient (Wildman–Crippen LogP) is 6.43. The van der Waals surface area contributed by atoms with Crippen molar-refractivity contribution in [1.29, 1.82) is 0 Å². The first kappa shape index (κ1) is 21.8. The lowest BCUT2D eigenvalue weighted by Gasteiger charge is -2.44. The minimum atomic E-state index is -0.603. The maximum absolute atomic E-state index is 10.1. The Morgan fingerprint density at radius 3 is 2.60 bits per heavy atom. The van der Waals surface area contributed by atoms with Crippen molar-refractivity contribution < 1.29 is 10.2 Å². The Hall–Kier alpha value is -1.38. The molecule has 0 aromatic heterocycles. The highest BCUT2D eigenvalue weighted by molar-refractivity contribution is 5.38. The van der Waals surface area contributed by atoms with E-state index in [0.717, 1.165) is 17.1 Å². The molecule has 0 radical (unpaired) electrons. The van der Waals surface area contributed by atoms with Gasteiger partial charge in [0.05, 0.1) is 12.2 Å². The van der Waals surface area contributed by atoms with Crippen LogP contribution in [0.5, 0.6) is 0 Å². The van der Waals surface area contributed by atoms with E-state index in [1.165, 1.54) is 51.4 Å². The fourth-order valence-corrected chi connectivity index (χ4v) is 6.66. The molecule has 6 atom stereocenters. The Morgan fingerprint density at radius 2 is 1.87 bits per heavy atom. The van der Waals surface area contributed by atoms with E-state index in [2.05, 4.69) is 50.8 Å². The summed E-state index contributed by atoms with van der Waals surface area (Å²) >= 11 is 0. The average Bonchev–Trinajstić information content (AvgIpc) is 3.03. The third-order valence-corrected chi connectivity index (χ3v) is 8.68. The molecule has 0 bridgehead atoms. The molecule has 0 amide bonds. The normalized spacial score (nSPS) is 40.7. The third-order valence-electron chi connectivity index (χ3n) is 8.68. The van der Waals surface area contributed by atoms with Gasteiger partial charge in [-0.2, -0.15) is 0 Å². The Balaban J connectivity index is 1.48. The van der Waals surface area contributed by atoms with E-state index in [-0.39, 0.29) is 0 Å². The average molecular weight is 409 g/mol. The largest absolute Gasteiger partial charge is 0.393 e. The Kier molecular flexibility index (Phi) is 6.55. The Morgan fingerprint density at radius 1 is 1.07 bits per heavy atom. The van der Waals surface area contributed by atoms with Gasteiger partial charge in [-0.3, -0.25) is 0 Å². The maximum Gasteiger partial charge on any atom is 0.0811 e. The van der Waals surface area contributed by atoms with Crippen molar-refractivity contribution in [3.05, 3.63) is 59.3 Å². The van der Waals surface area contributed by atoms with Crippen LogP contribution in [0.3, 0.4) is 0 Å². The lowest BCUT2D eigenvalue weighted by molar-refractivity contribution is 0.0862. The summed E-state index contributed by atoms with van der Waals surface area (Å²) in [6, 6.07) is 0. The number of allylic oxidation sites excluding steroid dienone is 7. The Bertz CT molecular complexity index is 776. The standard InChI is InChI=1S/C28H40O2/c1-19(7-4-8-21-9-5-10-21)25-14-15-26-22(11-6-16-28(25,26)3)12-13-23-17-24(29)18-27(30)20(23)2/h4,7-8,12-13,19,24-27,29-30H,2,5-6,9-11,14-18H2,1,3H3/b7-4+,22-12+,23-13-/t19-,24+,25+,26-,27-,28+/m0/s1. The van der Waals surface area contributed by atoms with E-state index >= 15 is 0 Å². The zero-order valence-electron chi connectivity index (χ0n) is 18.9. The van der Waals surface area contributed by atoms with E-state index in [0.29, 0.717) is 30.1 Å². The molecule has 0 heterocycles. The van der Waals surface area contributed by atoms with E-state index in [1.54, 1.807) is 11.1 Å². The third kappa shape index (κ3) is 4.32. The van der Waals surface area contributed by atoms with Gasteiger partial charge in [-0.05, 0) is 92.1 Å². The minimum Gasteiger partial charge on any atom is -0.393 e. The molecule has 2 heteroatoms. The van der Waals surface area contributed by atoms with E-state index < -0.39 is 12.2 Å². The van der Waals surface area contributed by atoms with Crippen molar-refractivity contribution in [2.45, 2.75) is 90.3 Å². The molecule has 0 saturated heterocycles. The highest BCUT2D eigenvalue weighted by Crippen LogP contribution is 2.59.